The van der Waals surface area contributed by atoms with Crippen molar-refractivity contribution in [3.05, 3.63) is 59.4 Å². The van der Waals surface area contributed by atoms with Crippen molar-refractivity contribution in [2.75, 3.05) is 19.0 Å². The van der Waals surface area contributed by atoms with Gasteiger partial charge in [-0.15, -0.1) is 0 Å². The Labute approximate surface area is 173 Å². The predicted octanol–water partition coefficient (Wildman–Crippen LogP) is 5.16. The number of halogens is 1. The third kappa shape index (κ3) is 4.35. The Morgan fingerprint density at radius 3 is 2.83 bits per heavy atom. The van der Waals surface area contributed by atoms with E-state index >= 15 is 0 Å². The molecule has 2 amide bonds. The summed E-state index contributed by atoms with van der Waals surface area (Å²) in [5.74, 6) is 1.63. The Morgan fingerprint density at radius 2 is 2.07 bits per heavy atom. The molecule has 1 aromatic heterocycles. The van der Waals surface area contributed by atoms with E-state index < -0.39 is 0 Å². The number of carbonyl (C=O) groups is 1. The molecule has 1 fully saturated rings. The second-order valence-electron chi connectivity index (χ2n) is 6.83. The van der Waals surface area contributed by atoms with Crippen LogP contribution in [0.1, 0.15) is 31.2 Å². The van der Waals surface area contributed by atoms with Gasteiger partial charge in [-0.2, -0.15) is 4.98 Å². The van der Waals surface area contributed by atoms with Crippen LogP contribution < -0.4 is 10.1 Å². The van der Waals surface area contributed by atoms with E-state index in [4.69, 9.17) is 20.9 Å². The van der Waals surface area contributed by atoms with E-state index in [1.807, 2.05) is 12.1 Å². The van der Waals surface area contributed by atoms with Gasteiger partial charge in [0, 0.05) is 22.8 Å². The van der Waals surface area contributed by atoms with Crippen molar-refractivity contribution in [2.45, 2.75) is 25.3 Å². The topological polar surface area (TPSA) is 80.5 Å². The molecule has 1 atom stereocenters. The van der Waals surface area contributed by atoms with Gasteiger partial charge in [-0.1, -0.05) is 28.9 Å². The number of benzene rings is 2. The molecule has 0 radical (unpaired) electrons. The van der Waals surface area contributed by atoms with Crippen molar-refractivity contribution in [2.24, 2.45) is 0 Å². The van der Waals surface area contributed by atoms with Gasteiger partial charge in [-0.3, -0.25) is 0 Å². The molecule has 2 aromatic carbocycles. The van der Waals surface area contributed by atoms with Crippen LogP contribution in [0.5, 0.6) is 5.75 Å². The van der Waals surface area contributed by atoms with Crippen LogP contribution in [0.3, 0.4) is 0 Å². The van der Waals surface area contributed by atoms with Crippen LogP contribution in [0, 0.1) is 0 Å². The summed E-state index contributed by atoms with van der Waals surface area (Å²) < 4.78 is 10.7. The maximum Gasteiger partial charge on any atom is 0.322 e. The Kier molecular flexibility index (Phi) is 5.67. The van der Waals surface area contributed by atoms with Crippen LogP contribution in [0.4, 0.5) is 10.5 Å². The van der Waals surface area contributed by atoms with Gasteiger partial charge >= 0.3 is 6.03 Å². The fraction of sp³-hybridized carbons (Fsp3) is 0.286. The summed E-state index contributed by atoms with van der Waals surface area (Å²) in [6.45, 7) is 0.627. The van der Waals surface area contributed by atoms with Crippen molar-refractivity contribution in [3.63, 3.8) is 0 Å². The van der Waals surface area contributed by atoms with Gasteiger partial charge in [0.25, 0.3) is 0 Å². The zero-order valence-electron chi connectivity index (χ0n) is 16.0. The van der Waals surface area contributed by atoms with Crippen LogP contribution in [0.2, 0.25) is 5.02 Å². The number of hydrogen-bond donors (Lipinski definition) is 1. The highest BCUT2D eigenvalue weighted by atomic mass is 35.5. The largest absolute Gasteiger partial charge is 0.497 e. The molecule has 1 aliphatic heterocycles. The molecule has 7 nitrogen and oxygen atoms in total. The summed E-state index contributed by atoms with van der Waals surface area (Å²) in [5, 5.41) is 7.62. The smallest absolute Gasteiger partial charge is 0.322 e. The minimum Gasteiger partial charge on any atom is -0.497 e. The van der Waals surface area contributed by atoms with Gasteiger partial charge < -0.3 is 19.5 Å². The van der Waals surface area contributed by atoms with Crippen molar-refractivity contribution in [1.29, 1.82) is 0 Å². The van der Waals surface area contributed by atoms with Crippen LogP contribution >= 0.6 is 11.6 Å². The third-order valence-corrected chi connectivity index (χ3v) is 5.15. The molecule has 4 rings (SSSR count). The number of piperidine rings is 1. The van der Waals surface area contributed by atoms with Crippen molar-refractivity contribution in [1.82, 2.24) is 15.0 Å². The lowest BCUT2D eigenvalue weighted by Gasteiger charge is -2.33. The van der Waals surface area contributed by atoms with E-state index in [0.717, 1.165) is 30.6 Å². The summed E-state index contributed by atoms with van der Waals surface area (Å²) >= 11 is 6.06. The minimum absolute atomic E-state index is 0.192. The van der Waals surface area contributed by atoms with E-state index in [1.165, 1.54) is 0 Å². The maximum absolute atomic E-state index is 12.9. The number of ether oxygens (including phenoxy) is 1. The lowest BCUT2D eigenvalue weighted by Crippen LogP contribution is -2.41. The predicted molar refractivity (Wildman–Crippen MR) is 110 cm³/mol. The molecule has 1 aliphatic rings. The number of aromatic nitrogens is 2. The number of urea groups is 1. The molecule has 8 heteroatoms. The number of nitrogens with zero attached hydrogens (tertiary/aromatic N) is 3. The molecule has 0 saturated carbocycles. The SMILES string of the molecule is COc1ccc(NC(=O)N2CCCCC2c2nc(-c3cccc(Cl)c3)no2)cc1. The molecule has 29 heavy (non-hydrogen) atoms. The normalized spacial score (nSPS) is 16.5. The highest BCUT2D eigenvalue weighted by Crippen LogP contribution is 2.32. The Hall–Kier alpha value is -3.06. The molecule has 0 spiro atoms. The van der Waals surface area contributed by atoms with Crippen LogP contribution in [0.25, 0.3) is 11.4 Å². The Morgan fingerprint density at radius 1 is 1.24 bits per heavy atom. The van der Waals surface area contributed by atoms with E-state index in [0.29, 0.717) is 29.0 Å². The quantitative estimate of drug-likeness (QED) is 0.640. The van der Waals surface area contributed by atoms with Crippen LogP contribution in [-0.4, -0.2) is 34.7 Å². The fourth-order valence-corrected chi connectivity index (χ4v) is 3.61. The molecule has 0 bridgehead atoms. The minimum atomic E-state index is -0.262. The average molecular weight is 413 g/mol. The van der Waals surface area contributed by atoms with Crippen LogP contribution in [-0.2, 0) is 0 Å². The number of amides is 2. The fourth-order valence-electron chi connectivity index (χ4n) is 3.42. The van der Waals surface area contributed by atoms with Crippen molar-refractivity contribution >= 4 is 23.3 Å². The second kappa shape index (κ2) is 8.53. The number of anilines is 1. The van der Waals surface area contributed by atoms with Gasteiger partial charge in [0.2, 0.25) is 11.7 Å². The highest BCUT2D eigenvalue weighted by Gasteiger charge is 2.32. The summed E-state index contributed by atoms with van der Waals surface area (Å²) in [6, 6.07) is 14.0. The molecule has 150 valence electrons. The first-order chi connectivity index (χ1) is 14.1. The van der Waals surface area contributed by atoms with Gasteiger partial charge in [-0.25, -0.2) is 4.79 Å². The van der Waals surface area contributed by atoms with E-state index in [9.17, 15) is 4.79 Å². The van der Waals surface area contributed by atoms with E-state index in [2.05, 4.69) is 15.5 Å². The zero-order valence-corrected chi connectivity index (χ0v) is 16.7. The summed E-state index contributed by atoms with van der Waals surface area (Å²) in [7, 11) is 1.61. The average Bonchev–Trinajstić information content (AvgIpc) is 3.24. The van der Waals surface area contributed by atoms with Gasteiger partial charge in [0.15, 0.2) is 0 Å². The Bertz CT molecular complexity index is 990. The standard InChI is InChI=1S/C21H21ClN4O3/c1-28-17-10-8-16(9-11-17)23-21(27)26-12-3-2-7-18(26)20-24-19(25-29-20)14-5-4-6-15(22)13-14/h4-6,8-11,13,18H,2-3,7,12H2,1H3,(H,23,27). The van der Waals surface area contributed by atoms with Gasteiger partial charge in [0.1, 0.15) is 11.8 Å². The first-order valence-corrected chi connectivity index (χ1v) is 9.83. The molecule has 1 N–H and O–H groups in total. The maximum atomic E-state index is 12.9. The number of carbonyl (C=O) groups excluding carboxylic acids is 1. The second-order valence-corrected chi connectivity index (χ2v) is 7.27. The summed E-state index contributed by atoms with van der Waals surface area (Å²) in [5.41, 5.74) is 1.47. The number of rotatable bonds is 4. The molecule has 3 aromatic rings. The summed E-state index contributed by atoms with van der Waals surface area (Å²) in [4.78, 5) is 19.2. The monoisotopic (exact) mass is 412 g/mol. The van der Waals surface area contributed by atoms with Gasteiger partial charge in [0.05, 0.1) is 7.11 Å². The molecule has 2 heterocycles. The number of nitrogens with one attached hydrogen (secondary N) is 1. The van der Waals surface area contributed by atoms with Crippen molar-refractivity contribution < 1.29 is 14.1 Å². The molecular formula is C21H21ClN4O3. The first kappa shape index (κ1) is 19.3. The van der Waals surface area contributed by atoms with Crippen molar-refractivity contribution in [3.8, 4) is 17.1 Å². The molecular weight excluding hydrogens is 392 g/mol. The van der Waals surface area contributed by atoms with Gasteiger partial charge in [-0.05, 0) is 55.7 Å². The molecule has 1 unspecified atom stereocenters. The lowest BCUT2D eigenvalue weighted by atomic mass is 10.0. The first-order valence-electron chi connectivity index (χ1n) is 9.45. The van der Waals surface area contributed by atoms with Crippen LogP contribution in [0.15, 0.2) is 53.1 Å². The highest BCUT2D eigenvalue weighted by molar-refractivity contribution is 6.30. The number of methoxy groups -OCH3 is 1. The third-order valence-electron chi connectivity index (χ3n) is 4.91. The van der Waals surface area contributed by atoms with E-state index in [-0.39, 0.29) is 12.1 Å². The van der Waals surface area contributed by atoms with E-state index in [1.54, 1.807) is 48.4 Å². The summed E-state index contributed by atoms with van der Waals surface area (Å²) in [6.07, 6.45) is 2.70. The zero-order chi connectivity index (χ0) is 20.2. The molecule has 1 saturated heterocycles. The molecule has 0 aliphatic carbocycles. The lowest BCUT2D eigenvalue weighted by molar-refractivity contribution is 0.142. The number of likely N-dealkylation sites (tertiary alicyclic amines) is 1. The number of hydrogen-bond acceptors (Lipinski definition) is 5. The Balaban J connectivity index is 1.52.